The van der Waals surface area contributed by atoms with Crippen molar-refractivity contribution in [1.29, 1.82) is 0 Å². The molecule has 4 heteroatoms. The second kappa shape index (κ2) is 3.63. The fourth-order valence-corrected chi connectivity index (χ4v) is 6.77. The average Bonchev–Trinajstić information content (AvgIpc) is 2.56. The van der Waals surface area contributed by atoms with Crippen molar-refractivity contribution in [2.24, 2.45) is 22.2 Å². The van der Waals surface area contributed by atoms with Crippen LogP contribution < -0.4 is 0 Å². The molecule has 0 spiro atoms. The third-order valence-corrected chi connectivity index (χ3v) is 6.03. The van der Waals surface area contributed by atoms with Crippen molar-refractivity contribution in [2.45, 2.75) is 58.8 Å². The second-order valence-electron chi connectivity index (χ2n) is 8.26. The molecule has 0 saturated heterocycles. The Morgan fingerprint density at radius 1 is 1.11 bits per heavy atom. The Kier molecular flexibility index (Phi) is 2.36. The maximum absolute atomic E-state index is 5.58. The molecule has 2 unspecified atom stereocenters. The predicted molar refractivity (Wildman–Crippen MR) is 75.5 cm³/mol. The zero-order valence-electron chi connectivity index (χ0n) is 11.7. The van der Waals surface area contributed by atoms with E-state index in [4.69, 9.17) is 4.42 Å². The van der Waals surface area contributed by atoms with E-state index in [2.05, 4.69) is 40.0 Å². The van der Waals surface area contributed by atoms with Gasteiger partial charge in [-0.05, 0) is 60.7 Å². The molecule has 4 bridgehead atoms. The highest BCUT2D eigenvalue weighted by Crippen LogP contribution is 2.70. The Hall–Kier alpha value is -0.380. The smallest absolute Gasteiger partial charge is 0.284 e. The van der Waals surface area contributed by atoms with Crippen LogP contribution in [0.15, 0.2) is 9.22 Å². The van der Waals surface area contributed by atoms with Crippen LogP contribution in [0.2, 0.25) is 0 Å². The molecule has 104 valence electrons. The van der Waals surface area contributed by atoms with Crippen LogP contribution in [-0.4, -0.2) is 10.2 Å². The lowest BCUT2D eigenvalue weighted by Gasteiger charge is -2.65. The molecule has 4 aliphatic carbocycles. The highest BCUT2D eigenvalue weighted by atomic mass is 79.9. The number of hydrogen-bond donors (Lipinski definition) is 0. The topological polar surface area (TPSA) is 38.9 Å². The minimum atomic E-state index is 0.425. The fourth-order valence-electron chi connectivity index (χ4n) is 6.51. The first-order valence-electron chi connectivity index (χ1n) is 7.36. The molecule has 4 aliphatic rings. The highest BCUT2D eigenvalue weighted by molar-refractivity contribution is 9.10. The lowest BCUT2D eigenvalue weighted by atomic mass is 9.40. The van der Waals surface area contributed by atoms with Gasteiger partial charge in [0, 0.05) is 22.4 Å². The monoisotopic (exact) mass is 324 g/mol. The molecular weight excluding hydrogens is 304 g/mol. The van der Waals surface area contributed by atoms with E-state index in [1.807, 2.05) is 0 Å². The van der Waals surface area contributed by atoms with E-state index in [0.29, 0.717) is 21.0 Å². The van der Waals surface area contributed by atoms with Crippen molar-refractivity contribution >= 4 is 15.9 Å². The minimum absolute atomic E-state index is 0.425. The molecule has 5 rings (SSSR count). The van der Waals surface area contributed by atoms with Crippen LogP contribution in [0.4, 0.5) is 0 Å². The average molecular weight is 325 g/mol. The molecule has 1 aromatic heterocycles. The van der Waals surface area contributed by atoms with Crippen molar-refractivity contribution in [3.8, 4) is 0 Å². The zero-order valence-corrected chi connectivity index (χ0v) is 13.3. The number of halogens is 1. The van der Waals surface area contributed by atoms with Gasteiger partial charge in [0.05, 0.1) is 0 Å². The SMILES string of the molecule is CC12CC3CC(C)(C1)CC(Cc1nnc(Br)o1)(C3)C2. The van der Waals surface area contributed by atoms with E-state index >= 15 is 0 Å². The van der Waals surface area contributed by atoms with Crippen LogP contribution in [-0.2, 0) is 6.42 Å². The molecule has 1 heterocycles. The van der Waals surface area contributed by atoms with Gasteiger partial charge >= 0.3 is 0 Å². The van der Waals surface area contributed by atoms with Gasteiger partial charge in [0.2, 0.25) is 5.89 Å². The second-order valence-corrected chi connectivity index (χ2v) is 8.93. The summed E-state index contributed by atoms with van der Waals surface area (Å²) in [6, 6.07) is 0. The Labute approximate surface area is 122 Å². The molecule has 0 radical (unpaired) electrons. The molecule has 0 aromatic carbocycles. The number of aromatic nitrogens is 2. The number of rotatable bonds is 2. The van der Waals surface area contributed by atoms with Crippen LogP contribution in [0.5, 0.6) is 0 Å². The van der Waals surface area contributed by atoms with Gasteiger partial charge in [0.25, 0.3) is 4.80 Å². The Bertz CT molecular complexity index is 508. The van der Waals surface area contributed by atoms with E-state index in [0.717, 1.165) is 18.2 Å². The van der Waals surface area contributed by atoms with Crippen LogP contribution in [0.25, 0.3) is 0 Å². The van der Waals surface area contributed by atoms with Gasteiger partial charge in [-0.25, -0.2) is 0 Å². The summed E-state index contributed by atoms with van der Waals surface area (Å²) in [5, 5.41) is 8.12. The quantitative estimate of drug-likeness (QED) is 0.810. The maximum atomic E-state index is 5.58. The zero-order chi connectivity index (χ0) is 13.3. The van der Waals surface area contributed by atoms with Gasteiger partial charge in [-0.2, -0.15) is 0 Å². The van der Waals surface area contributed by atoms with Gasteiger partial charge in [-0.1, -0.05) is 13.8 Å². The molecule has 19 heavy (non-hydrogen) atoms. The summed E-state index contributed by atoms with van der Waals surface area (Å²) in [6.45, 7) is 5.02. The third kappa shape index (κ3) is 1.98. The summed E-state index contributed by atoms with van der Waals surface area (Å²) in [6.07, 6.45) is 9.37. The van der Waals surface area contributed by atoms with Gasteiger partial charge < -0.3 is 4.42 Å². The Balaban J connectivity index is 1.67. The van der Waals surface area contributed by atoms with E-state index in [-0.39, 0.29) is 0 Å². The molecule has 1 aromatic rings. The standard InChI is InChI=1S/C15H21BrN2O/c1-13-3-10-4-14(2,7-13)9-15(5-10,8-13)6-11-17-18-12(16)19-11/h10H,3-9H2,1-2H3. The number of hydrogen-bond acceptors (Lipinski definition) is 3. The minimum Gasteiger partial charge on any atom is -0.416 e. The van der Waals surface area contributed by atoms with Gasteiger partial charge in [-0.15, -0.1) is 10.2 Å². The van der Waals surface area contributed by atoms with E-state index in [1.54, 1.807) is 0 Å². The maximum Gasteiger partial charge on any atom is 0.284 e. The van der Waals surface area contributed by atoms with E-state index < -0.39 is 0 Å². The van der Waals surface area contributed by atoms with Crippen molar-refractivity contribution in [3.63, 3.8) is 0 Å². The molecule has 0 amide bonds. The van der Waals surface area contributed by atoms with Crippen LogP contribution in [0, 0.1) is 22.2 Å². The summed E-state index contributed by atoms with van der Waals surface area (Å²) in [4.78, 5) is 0.518. The predicted octanol–water partition coefficient (Wildman–Crippen LogP) is 4.37. The van der Waals surface area contributed by atoms with Crippen molar-refractivity contribution in [2.75, 3.05) is 0 Å². The van der Waals surface area contributed by atoms with Crippen molar-refractivity contribution in [3.05, 3.63) is 10.7 Å². The normalized spacial score (nSPS) is 47.8. The summed E-state index contributed by atoms with van der Waals surface area (Å²) < 4.78 is 5.58. The van der Waals surface area contributed by atoms with Crippen molar-refractivity contribution in [1.82, 2.24) is 10.2 Å². The molecule has 2 atom stereocenters. The summed E-state index contributed by atoms with van der Waals surface area (Å²) in [5.74, 6) is 1.75. The Morgan fingerprint density at radius 2 is 1.79 bits per heavy atom. The van der Waals surface area contributed by atoms with Crippen LogP contribution >= 0.6 is 15.9 Å². The van der Waals surface area contributed by atoms with E-state index in [9.17, 15) is 0 Å². The molecule has 4 fully saturated rings. The molecule has 3 nitrogen and oxygen atoms in total. The summed E-state index contributed by atoms with van der Waals surface area (Å²) in [5.41, 5.74) is 1.55. The lowest BCUT2D eigenvalue weighted by molar-refractivity contribution is -0.145. The van der Waals surface area contributed by atoms with Gasteiger partial charge in [0.1, 0.15) is 0 Å². The van der Waals surface area contributed by atoms with Crippen molar-refractivity contribution < 1.29 is 4.42 Å². The Morgan fingerprint density at radius 3 is 2.32 bits per heavy atom. The third-order valence-electron chi connectivity index (χ3n) is 5.71. The first-order chi connectivity index (χ1) is 8.88. The molecular formula is C15H21BrN2O. The van der Waals surface area contributed by atoms with Gasteiger partial charge in [-0.3, -0.25) is 0 Å². The first-order valence-corrected chi connectivity index (χ1v) is 8.15. The molecule has 0 aliphatic heterocycles. The molecule has 0 N–H and O–H groups in total. The van der Waals surface area contributed by atoms with Crippen LogP contribution in [0.1, 0.15) is 58.3 Å². The highest BCUT2D eigenvalue weighted by Gasteiger charge is 2.60. The lowest BCUT2D eigenvalue weighted by Crippen LogP contribution is -2.55. The van der Waals surface area contributed by atoms with Gasteiger partial charge in [0.15, 0.2) is 0 Å². The summed E-state index contributed by atoms with van der Waals surface area (Å²) >= 11 is 3.26. The number of nitrogens with zero attached hydrogens (tertiary/aromatic N) is 2. The molecule has 4 saturated carbocycles. The van der Waals surface area contributed by atoms with E-state index in [1.165, 1.54) is 38.5 Å². The summed E-state index contributed by atoms with van der Waals surface area (Å²) in [7, 11) is 0. The van der Waals surface area contributed by atoms with Crippen LogP contribution in [0.3, 0.4) is 0 Å². The fraction of sp³-hybridized carbons (Fsp3) is 0.867. The largest absolute Gasteiger partial charge is 0.416 e. The first kappa shape index (κ1) is 12.4.